The number of guanidine groups is 1. The maximum absolute atomic E-state index is 11.8. The predicted molar refractivity (Wildman–Crippen MR) is 114 cm³/mol. The van der Waals surface area contributed by atoms with Gasteiger partial charge in [-0.05, 0) is 19.3 Å². The van der Waals surface area contributed by atoms with E-state index in [2.05, 4.69) is 22.5 Å². The highest BCUT2D eigenvalue weighted by Gasteiger charge is 2.42. The molecule has 1 saturated carbocycles. The Kier molecular flexibility index (Phi) is 10.8. The van der Waals surface area contributed by atoms with Crippen LogP contribution in [0, 0.1) is 0 Å². The lowest BCUT2D eigenvalue weighted by Crippen LogP contribution is -2.43. The number of aliphatic imine (C=N–C) groups is 1. The molecule has 1 aliphatic carbocycles. The Balaban J connectivity index is 0.00000338. The van der Waals surface area contributed by atoms with Crippen LogP contribution in [0.15, 0.2) is 4.99 Å². The first-order chi connectivity index (χ1) is 12.0. The first-order valence-corrected chi connectivity index (χ1v) is 9.59. The van der Waals surface area contributed by atoms with Crippen molar-refractivity contribution in [3.8, 4) is 0 Å². The predicted octanol–water partition coefficient (Wildman–Crippen LogP) is 2.10. The molecular formula is C18H35IN4O3. The van der Waals surface area contributed by atoms with Crippen molar-refractivity contribution >= 4 is 35.8 Å². The van der Waals surface area contributed by atoms with Gasteiger partial charge in [-0.15, -0.1) is 24.0 Å². The van der Waals surface area contributed by atoms with Gasteiger partial charge in [-0.25, -0.2) is 4.99 Å². The first-order valence-electron chi connectivity index (χ1n) is 9.59. The van der Waals surface area contributed by atoms with Crippen LogP contribution in [-0.4, -0.2) is 69.0 Å². The van der Waals surface area contributed by atoms with E-state index in [4.69, 9.17) is 9.47 Å². The van der Waals surface area contributed by atoms with Gasteiger partial charge in [0.25, 0.3) is 0 Å². The largest absolute Gasteiger partial charge is 0.356 e. The van der Waals surface area contributed by atoms with Gasteiger partial charge < -0.3 is 25.0 Å². The minimum absolute atomic E-state index is 0. The molecular weight excluding hydrogens is 447 g/mol. The van der Waals surface area contributed by atoms with Gasteiger partial charge in [-0.3, -0.25) is 4.79 Å². The average molecular weight is 482 g/mol. The fraction of sp³-hybridized carbons (Fsp3) is 0.889. The Bertz CT molecular complexity index is 454. The highest BCUT2D eigenvalue weighted by atomic mass is 127. The zero-order valence-electron chi connectivity index (χ0n) is 16.4. The summed E-state index contributed by atoms with van der Waals surface area (Å²) in [5, 5.41) is 6.58. The molecule has 1 atom stereocenters. The fourth-order valence-electron chi connectivity index (χ4n) is 3.13. The number of halogens is 1. The number of nitrogens with one attached hydrogen (secondary N) is 2. The molecule has 0 aromatic heterocycles. The molecule has 2 fully saturated rings. The Morgan fingerprint density at radius 3 is 2.62 bits per heavy atom. The van der Waals surface area contributed by atoms with E-state index in [9.17, 15) is 4.79 Å². The van der Waals surface area contributed by atoms with Crippen molar-refractivity contribution in [1.29, 1.82) is 0 Å². The zero-order valence-corrected chi connectivity index (χ0v) is 18.7. The summed E-state index contributed by atoms with van der Waals surface area (Å²) < 4.78 is 12.2. The molecule has 1 saturated heterocycles. The normalized spacial score (nSPS) is 22.0. The SMILES string of the molecule is CCCCNC(=NCC(=O)N(C)C)NCC1COC2(CCCCC2)O1.I. The summed E-state index contributed by atoms with van der Waals surface area (Å²) in [5.41, 5.74) is 0. The first kappa shape index (κ1) is 23.4. The van der Waals surface area contributed by atoms with Crippen LogP contribution in [0.5, 0.6) is 0 Å². The van der Waals surface area contributed by atoms with Crippen LogP contribution < -0.4 is 10.6 Å². The highest BCUT2D eigenvalue weighted by molar-refractivity contribution is 14.0. The molecule has 0 radical (unpaired) electrons. The molecule has 1 heterocycles. The summed E-state index contributed by atoms with van der Waals surface area (Å²) in [5.74, 6) is 0.299. The molecule has 0 aromatic carbocycles. The average Bonchev–Trinajstić information content (AvgIpc) is 2.99. The van der Waals surface area contributed by atoms with Crippen molar-refractivity contribution in [2.75, 3.05) is 40.3 Å². The number of hydrogen-bond acceptors (Lipinski definition) is 4. The number of hydrogen-bond donors (Lipinski definition) is 2. The second-order valence-corrected chi connectivity index (χ2v) is 7.14. The second-order valence-electron chi connectivity index (χ2n) is 7.14. The van der Waals surface area contributed by atoms with Gasteiger partial charge >= 0.3 is 0 Å². The number of unbranched alkanes of at least 4 members (excludes halogenated alkanes) is 1. The molecule has 152 valence electrons. The van der Waals surface area contributed by atoms with E-state index < -0.39 is 0 Å². The molecule has 1 aliphatic heterocycles. The van der Waals surface area contributed by atoms with Gasteiger partial charge in [0.1, 0.15) is 12.6 Å². The van der Waals surface area contributed by atoms with E-state index in [1.165, 1.54) is 19.3 Å². The lowest BCUT2D eigenvalue weighted by atomic mass is 9.94. The standard InChI is InChI=1S/C18H34N4O3.HI/c1-4-5-11-19-17(21-13-16(23)22(2)3)20-12-15-14-24-18(25-15)9-7-6-8-10-18;/h15H,4-14H2,1-3H3,(H2,19,20,21);1H. The zero-order chi connectivity index (χ0) is 18.1. The molecule has 8 heteroatoms. The number of ether oxygens (including phenoxy) is 2. The molecule has 2 N–H and O–H groups in total. The van der Waals surface area contributed by atoms with Gasteiger partial charge in [0.2, 0.25) is 5.91 Å². The molecule has 2 rings (SSSR count). The Morgan fingerprint density at radius 2 is 1.96 bits per heavy atom. The summed E-state index contributed by atoms with van der Waals surface area (Å²) >= 11 is 0. The topological polar surface area (TPSA) is 75.2 Å². The van der Waals surface area contributed by atoms with Crippen LogP contribution in [0.3, 0.4) is 0 Å². The third-order valence-electron chi connectivity index (χ3n) is 4.72. The van der Waals surface area contributed by atoms with Crippen LogP contribution in [0.1, 0.15) is 51.9 Å². The van der Waals surface area contributed by atoms with E-state index in [1.54, 1.807) is 19.0 Å². The molecule has 0 bridgehead atoms. The fourth-order valence-corrected chi connectivity index (χ4v) is 3.13. The highest BCUT2D eigenvalue weighted by Crippen LogP contribution is 2.37. The summed E-state index contributed by atoms with van der Waals surface area (Å²) in [6.45, 7) is 4.38. The molecule has 2 aliphatic rings. The van der Waals surface area contributed by atoms with Gasteiger partial charge in [0.15, 0.2) is 11.7 Å². The molecule has 7 nitrogen and oxygen atoms in total. The molecule has 1 amide bonds. The molecule has 0 aromatic rings. The van der Waals surface area contributed by atoms with Crippen LogP contribution in [0.4, 0.5) is 0 Å². The van der Waals surface area contributed by atoms with E-state index in [0.29, 0.717) is 19.1 Å². The summed E-state index contributed by atoms with van der Waals surface area (Å²) in [4.78, 5) is 17.7. The van der Waals surface area contributed by atoms with Crippen molar-refractivity contribution in [2.45, 2.75) is 63.8 Å². The molecule has 26 heavy (non-hydrogen) atoms. The lowest BCUT2D eigenvalue weighted by molar-refractivity contribution is -0.186. The van der Waals surface area contributed by atoms with Crippen LogP contribution in [0.25, 0.3) is 0 Å². The Morgan fingerprint density at radius 1 is 1.23 bits per heavy atom. The van der Waals surface area contributed by atoms with Gasteiger partial charge in [-0.2, -0.15) is 0 Å². The number of rotatable bonds is 7. The molecule has 1 unspecified atom stereocenters. The van der Waals surface area contributed by atoms with Gasteiger partial charge in [-0.1, -0.05) is 19.8 Å². The van der Waals surface area contributed by atoms with Gasteiger partial charge in [0, 0.05) is 40.0 Å². The maximum atomic E-state index is 11.8. The number of nitrogens with zero attached hydrogens (tertiary/aromatic N) is 2. The number of carbonyl (C=O) groups is 1. The van der Waals surface area contributed by atoms with E-state index in [-0.39, 0.29) is 48.3 Å². The Hall–Kier alpha value is -0.610. The maximum Gasteiger partial charge on any atom is 0.243 e. The number of amides is 1. The van der Waals surface area contributed by atoms with Crippen LogP contribution in [0.2, 0.25) is 0 Å². The number of likely N-dealkylation sites (N-methyl/N-ethyl adjacent to an activating group) is 1. The third kappa shape index (κ3) is 7.56. The van der Waals surface area contributed by atoms with Crippen LogP contribution in [-0.2, 0) is 14.3 Å². The third-order valence-corrected chi connectivity index (χ3v) is 4.72. The number of carbonyl (C=O) groups excluding carboxylic acids is 1. The van der Waals surface area contributed by atoms with Crippen molar-refractivity contribution < 1.29 is 14.3 Å². The summed E-state index contributed by atoms with van der Waals surface area (Å²) in [7, 11) is 3.48. The van der Waals surface area contributed by atoms with Crippen molar-refractivity contribution in [2.24, 2.45) is 4.99 Å². The van der Waals surface area contributed by atoms with E-state index in [0.717, 1.165) is 32.2 Å². The van der Waals surface area contributed by atoms with E-state index >= 15 is 0 Å². The Labute approximate surface area is 174 Å². The lowest BCUT2D eigenvalue weighted by Gasteiger charge is -2.31. The van der Waals surface area contributed by atoms with Crippen LogP contribution >= 0.6 is 24.0 Å². The summed E-state index contributed by atoms with van der Waals surface area (Å²) in [6.07, 6.45) is 7.83. The monoisotopic (exact) mass is 482 g/mol. The minimum Gasteiger partial charge on any atom is -0.356 e. The van der Waals surface area contributed by atoms with Gasteiger partial charge in [0.05, 0.1) is 6.61 Å². The van der Waals surface area contributed by atoms with E-state index in [1.807, 2.05) is 0 Å². The molecule has 1 spiro atoms. The van der Waals surface area contributed by atoms with Crippen molar-refractivity contribution in [3.63, 3.8) is 0 Å². The summed E-state index contributed by atoms with van der Waals surface area (Å²) in [6, 6.07) is 0. The smallest absolute Gasteiger partial charge is 0.243 e. The quantitative estimate of drug-likeness (QED) is 0.252. The minimum atomic E-state index is -0.349. The second kappa shape index (κ2) is 12.0. The van der Waals surface area contributed by atoms with Crippen molar-refractivity contribution in [1.82, 2.24) is 15.5 Å². The van der Waals surface area contributed by atoms with Crippen molar-refractivity contribution in [3.05, 3.63) is 0 Å².